The maximum absolute atomic E-state index is 12.8. The van der Waals surface area contributed by atoms with Crippen molar-refractivity contribution in [2.45, 2.75) is 31.7 Å². The van der Waals surface area contributed by atoms with Crippen LogP contribution < -0.4 is 16.3 Å². The molecule has 1 saturated carbocycles. The van der Waals surface area contributed by atoms with Crippen LogP contribution in [-0.4, -0.2) is 11.9 Å². The number of para-hydroxylation sites is 1. The number of amides is 1. The Labute approximate surface area is 164 Å². The fourth-order valence-corrected chi connectivity index (χ4v) is 3.98. The molecule has 4 rings (SSSR count). The molecule has 1 aliphatic carbocycles. The van der Waals surface area contributed by atoms with E-state index in [2.05, 4.69) is 26.6 Å². The molecule has 27 heavy (non-hydrogen) atoms. The monoisotopic (exact) mass is 426 g/mol. The molecular formula is C21H19BrN2O3. The van der Waals surface area contributed by atoms with E-state index in [9.17, 15) is 9.59 Å². The van der Waals surface area contributed by atoms with E-state index in [-0.39, 0.29) is 17.6 Å². The van der Waals surface area contributed by atoms with Crippen molar-refractivity contribution < 1.29 is 9.21 Å². The SMILES string of the molecule is O=C(Nc1c(NC2CCCC2)c2ccccc2oc1=O)c1ccccc1Br. The number of anilines is 2. The number of fused-ring (bicyclic) bond motifs is 1. The van der Waals surface area contributed by atoms with Crippen molar-refractivity contribution in [3.63, 3.8) is 0 Å². The fourth-order valence-electron chi connectivity index (χ4n) is 3.51. The minimum atomic E-state index is -0.561. The predicted octanol–water partition coefficient (Wildman–Crippen LogP) is 5.16. The molecule has 2 aromatic carbocycles. The maximum Gasteiger partial charge on any atom is 0.362 e. The quantitative estimate of drug-likeness (QED) is 0.564. The van der Waals surface area contributed by atoms with E-state index in [4.69, 9.17) is 4.42 Å². The first-order valence-corrected chi connectivity index (χ1v) is 9.81. The molecule has 1 heterocycles. The zero-order valence-corrected chi connectivity index (χ0v) is 16.2. The molecule has 0 spiro atoms. The normalized spacial score (nSPS) is 14.4. The molecular weight excluding hydrogens is 408 g/mol. The number of nitrogens with one attached hydrogen (secondary N) is 2. The third-order valence-corrected chi connectivity index (χ3v) is 5.57. The highest BCUT2D eigenvalue weighted by Gasteiger charge is 2.22. The first-order valence-electron chi connectivity index (χ1n) is 9.02. The van der Waals surface area contributed by atoms with Gasteiger partial charge in [-0.1, -0.05) is 37.1 Å². The summed E-state index contributed by atoms with van der Waals surface area (Å²) in [7, 11) is 0. The highest BCUT2D eigenvalue weighted by atomic mass is 79.9. The minimum Gasteiger partial charge on any atom is -0.421 e. The van der Waals surface area contributed by atoms with Gasteiger partial charge in [0.25, 0.3) is 5.91 Å². The van der Waals surface area contributed by atoms with Crippen LogP contribution in [0.5, 0.6) is 0 Å². The Balaban J connectivity index is 1.78. The summed E-state index contributed by atoms with van der Waals surface area (Å²) >= 11 is 3.38. The van der Waals surface area contributed by atoms with Crippen molar-refractivity contribution in [3.8, 4) is 0 Å². The van der Waals surface area contributed by atoms with E-state index in [1.165, 1.54) is 0 Å². The third kappa shape index (κ3) is 3.62. The highest BCUT2D eigenvalue weighted by Crippen LogP contribution is 2.32. The number of carbonyl (C=O) groups excluding carboxylic acids is 1. The van der Waals surface area contributed by atoms with Crippen LogP contribution in [-0.2, 0) is 0 Å². The number of rotatable bonds is 4. The van der Waals surface area contributed by atoms with Crippen molar-refractivity contribution in [1.29, 1.82) is 0 Å². The van der Waals surface area contributed by atoms with Gasteiger partial charge in [-0.3, -0.25) is 4.79 Å². The molecule has 5 nitrogen and oxygen atoms in total. The fraction of sp³-hybridized carbons (Fsp3) is 0.238. The van der Waals surface area contributed by atoms with Gasteiger partial charge in [-0.15, -0.1) is 0 Å². The number of hydrogen-bond acceptors (Lipinski definition) is 4. The summed E-state index contributed by atoms with van der Waals surface area (Å²) in [6, 6.07) is 14.7. The van der Waals surface area contributed by atoms with Gasteiger partial charge >= 0.3 is 5.63 Å². The third-order valence-electron chi connectivity index (χ3n) is 4.87. The van der Waals surface area contributed by atoms with Crippen LogP contribution in [0.25, 0.3) is 11.0 Å². The molecule has 1 aromatic heterocycles. The minimum absolute atomic E-state index is 0.154. The van der Waals surface area contributed by atoms with Crippen LogP contribution in [0.1, 0.15) is 36.0 Å². The van der Waals surface area contributed by atoms with Crippen LogP contribution in [0, 0.1) is 0 Å². The molecule has 138 valence electrons. The van der Waals surface area contributed by atoms with Crippen LogP contribution in [0.15, 0.2) is 62.2 Å². The lowest BCUT2D eigenvalue weighted by Gasteiger charge is -2.18. The van der Waals surface area contributed by atoms with Crippen LogP contribution in [0.4, 0.5) is 11.4 Å². The summed E-state index contributed by atoms with van der Waals surface area (Å²) in [5.41, 5.74) is 1.18. The number of carbonyl (C=O) groups is 1. The smallest absolute Gasteiger partial charge is 0.362 e. The second-order valence-corrected chi connectivity index (χ2v) is 7.55. The molecule has 2 N–H and O–H groups in total. The van der Waals surface area contributed by atoms with Crippen molar-refractivity contribution in [1.82, 2.24) is 0 Å². The van der Waals surface area contributed by atoms with Gasteiger partial charge in [0, 0.05) is 15.9 Å². The van der Waals surface area contributed by atoms with Gasteiger partial charge in [0.15, 0.2) is 5.69 Å². The zero-order valence-electron chi connectivity index (χ0n) is 14.6. The lowest BCUT2D eigenvalue weighted by Crippen LogP contribution is -2.23. The average Bonchev–Trinajstić information content (AvgIpc) is 3.18. The first-order chi connectivity index (χ1) is 13.1. The van der Waals surface area contributed by atoms with E-state index >= 15 is 0 Å². The number of halogens is 1. The Kier molecular flexibility index (Phi) is 4.99. The second kappa shape index (κ2) is 7.56. The molecule has 0 saturated heterocycles. The summed E-state index contributed by atoms with van der Waals surface area (Å²) in [5.74, 6) is -0.362. The Morgan fingerprint density at radius 1 is 1.00 bits per heavy atom. The lowest BCUT2D eigenvalue weighted by atomic mass is 10.1. The largest absolute Gasteiger partial charge is 0.421 e. The second-order valence-electron chi connectivity index (χ2n) is 6.70. The van der Waals surface area contributed by atoms with Gasteiger partial charge in [0.2, 0.25) is 0 Å². The van der Waals surface area contributed by atoms with Crippen LogP contribution >= 0.6 is 15.9 Å². The van der Waals surface area contributed by atoms with Gasteiger partial charge in [0.1, 0.15) is 5.58 Å². The van der Waals surface area contributed by atoms with E-state index in [1.54, 1.807) is 24.3 Å². The molecule has 0 bridgehead atoms. The van der Waals surface area contributed by atoms with Crippen LogP contribution in [0.3, 0.4) is 0 Å². The highest BCUT2D eigenvalue weighted by molar-refractivity contribution is 9.10. The molecule has 1 aliphatic rings. The van der Waals surface area contributed by atoms with Crippen molar-refractivity contribution in [2.24, 2.45) is 0 Å². The predicted molar refractivity (Wildman–Crippen MR) is 110 cm³/mol. The van der Waals surface area contributed by atoms with Crippen LogP contribution in [0.2, 0.25) is 0 Å². The Morgan fingerprint density at radius 2 is 1.70 bits per heavy atom. The maximum atomic E-state index is 12.8. The standard InChI is InChI=1S/C21H19BrN2O3/c22-16-11-5-3-9-14(16)20(25)24-19-18(23-13-7-1-2-8-13)15-10-4-6-12-17(15)27-21(19)26/h3-6,9-13,23H,1-2,7-8H2,(H,24,25). The van der Waals surface area contributed by atoms with E-state index < -0.39 is 5.63 Å². The Bertz CT molecular complexity index is 1050. The number of hydrogen-bond donors (Lipinski definition) is 2. The van der Waals surface area contributed by atoms with Gasteiger partial charge in [0.05, 0.1) is 11.3 Å². The van der Waals surface area contributed by atoms with Gasteiger partial charge in [-0.05, 0) is 53.0 Å². The van der Waals surface area contributed by atoms with Crippen molar-refractivity contribution in [3.05, 3.63) is 69.0 Å². The summed E-state index contributed by atoms with van der Waals surface area (Å²) in [6.45, 7) is 0. The Morgan fingerprint density at radius 3 is 2.48 bits per heavy atom. The van der Waals surface area contributed by atoms with Crippen molar-refractivity contribution >= 4 is 44.2 Å². The van der Waals surface area contributed by atoms with Gasteiger partial charge in [-0.25, -0.2) is 4.79 Å². The zero-order chi connectivity index (χ0) is 18.8. The number of benzene rings is 2. The molecule has 3 aromatic rings. The molecule has 1 amide bonds. The first kappa shape index (κ1) is 17.8. The van der Waals surface area contributed by atoms with Gasteiger partial charge in [-0.2, -0.15) is 0 Å². The van der Waals surface area contributed by atoms with Crippen molar-refractivity contribution in [2.75, 3.05) is 10.6 Å². The van der Waals surface area contributed by atoms with E-state index in [0.717, 1.165) is 31.1 Å². The molecule has 0 radical (unpaired) electrons. The summed E-state index contributed by atoms with van der Waals surface area (Å²) in [5, 5.41) is 7.03. The van der Waals surface area contributed by atoms with E-state index in [0.29, 0.717) is 21.3 Å². The summed E-state index contributed by atoms with van der Waals surface area (Å²) in [6.07, 6.45) is 4.42. The molecule has 6 heteroatoms. The molecule has 1 fully saturated rings. The topological polar surface area (TPSA) is 71.3 Å². The van der Waals surface area contributed by atoms with Gasteiger partial charge < -0.3 is 15.1 Å². The molecule has 0 atom stereocenters. The summed E-state index contributed by atoms with van der Waals surface area (Å²) < 4.78 is 6.11. The molecule has 0 unspecified atom stereocenters. The molecule has 0 aliphatic heterocycles. The lowest BCUT2D eigenvalue weighted by molar-refractivity contribution is 0.102. The average molecular weight is 427 g/mol. The van der Waals surface area contributed by atoms with E-state index in [1.807, 2.05) is 24.3 Å². The summed E-state index contributed by atoms with van der Waals surface area (Å²) in [4.78, 5) is 25.4. The Hall–Kier alpha value is -2.60.